The number of carbonyl (C=O) groups is 3. The number of carboxylic acids is 3. The van der Waals surface area contributed by atoms with Gasteiger partial charge in [-0.2, -0.15) is 0 Å². The fourth-order valence-corrected chi connectivity index (χ4v) is 1.72. The van der Waals surface area contributed by atoms with E-state index in [1.54, 1.807) is 12.4 Å². The normalized spacial score (nSPS) is 10.2. The summed E-state index contributed by atoms with van der Waals surface area (Å²) in [6, 6.07) is 11.4. The monoisotopic (exact) mass is 363 g/mol. The molecule has 0 aliphatic rings. The number of rotatable bonds is 7. The molecule has 0 saturated carbocycles. The smallest absolute Gasteiger partial charge is 0.336 e. The number of anilines is 2. The van der Waals surface area contributed by atoms with Crippen molar-refractivity contribution in [2.45, 2.75) is 18.4 Å². The van der Waals surface area contributed by atoms with Gasteiger partial charge in [0.25, 0.3) is 0 Å². The number of carboxylic acid groups (broad SMARTS) is 3. The maximum absolute atomic E-state index is 10.3. The predicted molar refractivity (Wildman–Crippen MR) is 88.8 cm³/mol. The number of hydrogen-bond donors (Lipinski definition) is 5. The molecule has 10 heteroatoms. The van der Waals surface area contributed by atoms with Crippen molar-refractivity contribution in [3.63, 3.8) is 0 Å². The first-order chi connectivity index (χ1) is 12.2. The Morgan fingerprint density at radius 2 is 1.27 bits per heavy atom. The van der Waals surface area contributed by atoms with Gasteiger partial charge in [0.05, 0.1) is 12.8 Å². The summed E-state index contributed by atoms with van der Waals surface area (Å²) in [5.74, 6) is -3.41. The van der Waals surface area contributed by atoms with Crippen molar-refractivity contribution in [3.05, 3.63) is 48.8 Å². The molecule has 0 aromatic carbocycles. The lowest BCUT2D eigenvalue weighted by molar-refractivity contribution is -0.170. The van der Waals surface area contributed by atoms with Crippen molar-refractivity contribution >= 4 is 29.5 Å². The van der Waals surface area contributed by atoms with Crippen LogP contribution in [0.25, 0.3) is 0 Å². The van der Waals surface area contributed by atoms with Crippen LogP contribution in [0.5, 0.6) is 0 Å². The van der Waals surface area contributed by atoms with Gasteiger partial charge in [0, 0.05) is 12.4 Å². The number of pyridine rings is 2. The van der Waals surface area contributed by atoms with Gasteiger partial charge in [-0.3, -0.25) is 9.59 Å². The zero-order valence-electron chi connectivity index (χ0n) is 13.4. The van der Waals surface area contributed by atoms with E-state index >= 15 is 0 Å². The average molecular weight is 363 g/mol. The molecule has 2 heterocycles. The fraction of sp³-hybridized carbons (Fsp3) is 0.188. The fourth-order valence-electron chi connectivity index (χ4n) is 1.72. The Morgan fingerprint density at radius 3 is 1.54 bits per heavy atom. The minimum Gasteiger partial charge on any atom is -0.481 e. The van der Waals surface area contributed by atoms with E-state index in [1.807, 2.05) is 36.4 Å². The molecule has 138 valence electrons. The number of nitrogens with one attached hydrogen (secondary N) is 1. The molecule has 0 aliphatic heterocycles. The molecular weight excluding hydrogens is 346 g/mol. The summed E-state index contributed by atoms with van der Waals surface area (Å²) in [6.07, 6.45) is 1.19. The van der Waals surface area contributed by atoms with E-state index in [0.717, 1.165) is 11.6 Å². The molecule has 2 aromatic heterocycles. The quantitative estimate of drug-likeness (QED) is 0.477. The molecule has 2 aromatic rings. The molecule has 0 fully saturated rings. The molecular formula is C16H17N3O7. The summed E-state index contributed by atoms with van der Waals surface area (Å²) in [6.45, 7) is 0. The molecule has 0 aliphatic carbocycles. The Kier molecular flexibility index (Phi) is 7.65. The van der Waals surface area contributed by atoms with Crippen LogP contribution >= 0.6 is 0 Å². The molecule has 0 bridgehead atoms. The number of aliphatic carboxylic acids is 3. The second kappa shape index (κ2) is 9.69. The molecule has 0 spiro atoms. The van der Waals surface area contributed by atoms with Crippen LogP contribution in [0.2, 0.25) is 0 Å². The minimum atomic E-state index is -2.74. The van der Waals surface area contributed by atoms with Crippen LogP contribution in [0.1, 0.15) is 12.8 Å². The molecule has 0 radical (unpaired) electrons. The Bertz CT molecular complexity index is 685. The van der Waals surface area contributed by atoms with E-state index in [2.05, 4.69) is 15.3 Å². The molecule has 0 atom stereocenters. The third kappa shape index (κ3) is 7.36. The van der Waals surface area contributed by atoms with Gasteiger partial charge in [-0.15, -0.1) is 0 Å². The van der Waals surface area contributed by atoms with Crippen LogP contribution in [0.4, 0.5) is 11.6 Å². The van der Waals surface area contributed by atoms with Crippen LogP contribution in [0.3, 0.4) is 0 Å². The van der Waals surface area contributed by atoms with Gasteiger partial charge in [-0.05, 0) is 24.3 Å². The highest BCUT2D eigenvalue weighted by Gasteiger charge is 2.40. The number of aromatic nitrogens is 2. The summed E-state index contributed by atoms with van der Waals surface area (Å²) >= 11 is 0. The highest BCUT2D eigenvalue weighted by atomic mass is 16.4. The summed E-state index contributed by atoms with van der Waals surface area (Å²) in [5, 5.41) is 36.9. The van der Waals surface area contributed by atoms with Gasteiger partial charge in [0.15, 0.2) is 5.60 Å². The van der Waals surface area contributed by atoms with E-state index in [0.29, 0.717) is 0 Å². The zero-order valence-corrected chi connectivity index (χ0v) is 13.4. The SMILES string of the molecule is O=C(O)CC(O)(CC(=O)O)C(=O)O.c1ccc(Nc2ccccn2)nc1. The number of nitrogens with zero attached hydrogens (tertiary/aromatic N) is 2. The van der Waals surface area contributed by atoms with E-state index < -0.39 is 36.4 Å². The maximum atomic E-state index is 10.3. The molecule has 0 saturated heterocycles. The van der Waals surface area contributed by atoms with Crippen LogP contribution < -0.4 is 5.32 Å². The summed E-state index contributed by atoms with van der Waals surface area (Å²) < 4.78 is 0. The first kappa shape index (κ1) is 20.5. The van der Waals surface area contributed by atoms with Gasteiger partial charge in [-0.1, -0.05) is 12.1 Å². The number of aliphatic hydroxyl groups is 1. The van der Waals surface area contributed by atoms with Gasteiger partial charge in [0.2, 0.25) is 0 Å². The van der Waals surface area contributed by atoms with E-state index in [9.17, 15) is 14.4 Å². The van der Waals surface area contributed by atoms with E-state index in [-0.39, 0.29) is 0 Å². The summed E-state index contributed by atoms with van der Waals surface area (Å²) in [4.78, 5) is 38.7. The van der Waals surface area contributed by atoms with Crippen molar-refractivity contribution in [2.75, 3.05) is 5.32 Å². The number of hydrogen-bond acceptors (Lipinski definition) is 7. The van der Waals surface area contributed by atoms with Gasteiger partial charge in [0.1, 0.15) is 11.6 Å². The second-order valence-corrected chi connectivity index (χ2v) is 5.03. The first-order valence-electron chi connectivity index (χ1n) is 7.21. The van der Waals surface area contributed by atoms with E-state index in [4.69, 9.17) is 20.4 Å². The maximum Gasteiger partial charge on any atom is 0.336 e. The first-order valence-corrected chi connectivity index (χ1v) is 7.21. The van der Waals surface area contributed by atoms with Crippen molar-refractivity contribution < 1.29 is 34.8 Å². The van der Waals surface area contributed by atoms with Crippen molar-refractivity contribution in [2.24, 2.45) is 0 Å². The highest BCUT2D eigenvalue weighted by molar-refractivity contribution is 5.88. The van der Waals surface area contributed by atoms with Gasteiger partial charge < -0.3 is 25.7 Å². The van der Waals surface area contributed by atoms with Crippen LogP contribution in [0, 0.1) is 0 Å². The molecule has 0 unspecified atom stereocenters. The lowest BCUT2D eigenvalue weighted by Crippen LogP contribution is -2.42. The average Bonchev–Trinajstić information content (AvgIpc) is 2.55. The van der Waals surface area contributed by atoms with Crippen LogP contribution in [-0.2, 0) is 14.4 Å². The lowest BCUT2D eigenvalue weighted by atomic mass is 9.96. The molecule has 0 amide bonds. The Hall–Kier alpha value is -3.53. The van der Waals surface area contributed by atoms with Crippen LogP contribution in [-0.4, -0.2) is 53.9 Å². The van der Waals surface area contributed by atoms with Crippen molar-refractivity contribution in [1.82, 2.24) is 9.97 Å². The van der Waals surface area contributed by atoms with E-state index in [1.165, 1.54) is 0 Å². The Labute approximate surface area is 147 Å². The largest absolute Gasteiger partial charge is 0.481 e. The molecule has 10 nitrogen and oxygen atoms in total. The highest BCUT2D eigenvalue weighted by Crippen LogP contribution is 2.15. The third-order valence-corrected chi connectivity index (χ3v) is 2.87. The standard InChI is InChI=1S/C10H9N3.C6H8O7/c1-3-7-11-9(5-1)13-10-6-2-4-8-12-10;7-3(8)1-6(13,5(11)12)2-4(9)10/h1-8H,(H,11,12,13);13H,1-2H2,(H,7,8)(H,9,10)(H,11,12). The third-order valence-electron chi connectivity index (χ3n) is 2.87. The van der Waals surface area contributed by atoms with Crippen molar-refractivity contribution in [3.8, 4) is 0 Å². The van der Waals surface area contributed by atoms with Crippen molar-refractivity contribution in [1.29, 1.82) is 0 Å². The summed E-state index contributed by atoms with van der Waals surface area (Å²) in [5.41, 5.74) is -2.74. The van der Waals surface area contributed by atoms with Crippen LogP contribution in [0.15, 0.2) is 48.8 Å². The lowest BCUT2D eigenvalue weighted by Gasteiger charge is -2.18. The zero-order chi connectivity index (χ0) is 19.6. The Balaban J connectivity index is 0.000000260. The second-order valence-electron chi connectivity index (χ2n) is 5.03. The molecule has 5 N–H and O–H groups in total. The van der Waals surface area contributed by atoms with Gasteiger partial charge >= 0.3 is 17.9 Å². The van der Waals surface area contributed by atoms with Gasteiger partial charge in [-0.25, -0.2) is 14.8 Å². The molecule has 2 rings (SSSR count). The Morgan fingerprint density at radius 1 is 0.846 bits per heavy atom. The molecule has 26 heavy (non-hydrogen) atoms. The topological polar surface area (TPSA) is 170 Å². The predicted octanol–water partition coefficient (Wildman–Crippen LogP) is 0.972. The summed E-state index contributed by atoms with van der Waals surface area (Å²) in [7, 11) is 0. The minimum absolute atomic E-state index is 0.807.